The Morgan fingerprint density at radius 2 is 1.76 bits per heavy atom. The number of rotatable bonds is 3. The predicted octanol–water partition coefficient (Wildman–Crippen LogP) is 3.58. The zero-order valence-electron chi connectivity index (χ0n) is 10.8. The van der Waals surface area contributed by atoms with Crippen LogP contribution in [0.3, 0.4) is 0 Å². The van der Waals surface area contributed by atoms with Crippen molar-refractivity contribution in [2.75, 3.05) is 5.73 Å². The van der Waals surface area contributed by atoms with Gasteiger partial charge in [0.05, 0.1) is 12.0 Å². The summed E-state index contributed by atoms with van der Waals surface area (Å²) in [7, 11) is 0. The van der Waals surface area contributed by atoms with E-state index in [2.05, 4.69) is 0 Å². The molecule has 6 heteroatoms. The molecule has 0 spiro atoms. The van der Waals surface area contributed by atoms with Gasteiger partial charge < -0.3 is 10.8 Å². The molecular formula is C15H12F3NO2. The molecule has 0 aliphatic heterocycles. The largest absolute Gasteiger partial charge is 0.481 e. The average Bonchev–Trinajstić information content (AvgIpc) is 2.38. The van der Waals surface area contributed by atoms with Gasteiger partial charge in [-0.25, -0.2) is 0 Å². The number of carboxylic acid groups (broad SMARTS) is 1. The normalized spacial score (nSPS) is 11.4. The smallest absolute Gasteiger partial charge is 0.416 e. The monoisotopic (exact) mass is 295 g/mol. The first-order chi connectivity index (χ1) is 9.79. The highest BCUT2D eigenvalue weighted by Crippen LogP contribution is 2.36. The van der Waals surface area contributed by atoms with Gasteiger partial charge in [0.2, 0.25) is 0 Å². The lowest BCUT2D eigenvalue weighted by Gasteiger charge is -2.14. The summed E-state index contributed by atoms with van der Waals surface area (Å²) in [5, 5.41) is 8.88. The van der Waals surface area contributed by atoms with Crippen molar-refractivity contribution in [3.63, 3.8) is 0 Å². The second-order valence-corrected chi connectivity index (χ2v) is 4.53. The van der Waals surface area contributed by atoms with Crippen molar-refractivity contribution in [1.29, 1.82) is 0 Å². The maximum Gasteiger partial charge on any atom is 0.416 e. The molecule has 0 radical (unpaired) electrons. The molecule has 0 heterocycles. The van der Waals surface area contributed by atoms with Gasteiger partial charge in [0, 0.05) is 11.3 Å². The van der Waals surface area contributed by atoms with Gasteiger partial charge in [-0.15, -0.1) is 0 Å². The van der Waals surface area contributed by atoms with E-state index >= 15 is 0 Å². The molecule has 0 amide bonds. The molecule has 0 bridgehead atoms. The van der Waals surface area contributed by atoms with Crippen LogP contribution < -0.4 is 5.73 Å². The lowest BCUT2D eigenvalue weighted by molar-refractivity contribution is -0.138. The molecule has 3 N–H and O–H groups in total. The van der Waals surface area contributed by atoms with Crippen LogP contribution in [0.1, 0.15) is 11.1 Å². The standard InChI is InChI=1S/C15H12F3NO2/c16-15(17,18)10-5-6-13(19)12(8-10)11-4-2-1-3-9(11)7-14(20)21/h1-6,8H,7,19H2,(H,20,21). The number of hydrogen-bond donors (Lipinski definition) is 2. The molecule has 0 saturated carbocycles. The van der Waals surface area contributed by atoms with Crippen LogP contribution in [0.4, 0.5) is 18.9 Å². The maximum absolute atomic E-state index is 12.8. The Morgan fingerprint density at radius 1 is 1.10 bits per heavy atom. The van der Waals surface area contributed by atoms with Gasteiger partial charge in [0.1, 0.15) is 0 Å². The van der Waals surface area contributed by atoms with Crippen LogP contribution in [0, 0.1) is 0 Å². The third-order valence-corrected chi connectivity index (χ3v) is 3.03. The van der Waals surface area contributed by atoms with Crippen LogP contribution in [0.15, 0.2) is 42.5 Å². The van der Waals surface area contributed by atoms with E-state index in [0.29, 0.717) is 11.1 Å². The van der Waals surface area contributed by atoms with Crippen molar-refractivity contribution in [2.24, 2.45) is 0 Å². The minimum atomic E-state index is -4.48. The summed E-state index contributed by atoms with van der Waals surface area (Å²) < 4.78 is 38.4. The zero-order valence-corrected chi connectivity index (χ0v) is 10.8. The summed E-state index contributed by atoms with van der Waals surface area (Å²) in [4.78, 5) is 10.9. The molecule has 2 rings (SSSR count). The van der Waals surface area contributed by atoms with Crippen molar-refractivity contribution in [3.8, 4) is 11.1 Å². The lowest BCUT2D eigenvalue weighted by Crippen LogP contribution is -2.07. The summed E-state index contributed by atoms with van der Waals surface area (Å²) in [6.07, 6.45) is -4.77. The zero-order chi connectivity index (χ0) is 15.6. The number of anilines is 1. The van der Waals surface area contributed by atoms with Gasteiger partial charge in [0.15, 0.2) is 0 Å². The van der Waals surface area contributed by atoms with Crippen molar-refractivity contribution >= 4 is 11.7 Å². The highest BCUT2D eigenvalue weighted by molar-refractivity contribution is 5.82. The molecular weight excluding hydrogens is 283 g/mol. The molecule has 0 fully saturated rings. The Kier molecular flexibility index (Phi) is 3.88. The minimum absolute atomic E-state index is 0.167. The van der Waals surface area contributed by atoms with E-state index in [1.807, 2.05) is 0 Å². The molecule has 110 valence electrons. The number of carboxylic acids is 1. The topological polar surface area (TPSA) is 63.3 Å². The summed E-state index contributed by atoms with van der Waals surface area (Å²) >= 11 is 0. The molecule has 2 aromatic carbocycles. The lowest BCUT2D eigenvalue weighted by atomic mass is 9.95. The Morgan fingerprint density at radius 3 is 2.38 bits per heavy atom. The molecule has 2 aromatic rings. The first-order valence-electron chi connectivity index (χ1n) is 6.06. The third kappa shape index (κ3) is 3.34. The SMILES string of the molecule is Nc1ccc(C(F)(F)F)cc1-c1ccccc1CC(=O)O. The van der Waals surface area contributed by atoms with E-state index in [9.17, 15) is 18.0 Å². The Bertz CT molecular complexity index is 681. The first-order valence-corrected chi connectivity index (χ1v) is 6.06. The quantitative estimate of drug-likeness (QED) is 0.851. The fourth-order valence-electron chi connectivity index (χ4n) is 2.07. The molecule has 0 aliphatic rings. The van der Waals surface area contributed by atoms with Gasteiger partial charge in [-0.2, -0.15) is 13.2 Å². The average molecular weight is 295 g/mol. The summed E-state index contributed by atoms with van der Waals surface area (Å²) in [6, 6.07) is 9.39. The molecule has 0 aliphatic carbocycles. The number of alkyl halides is 3. The Balaban J connectivity index is 2.59. The van der Waals surface area contributed by atoms with Crippen molar-refractivity contribution < 1.29 is 23.1 Å². The Labute approximate surface area is 118 Å². The summed E-state index contributed by atoms with van der Waals surface area (Å²) in [6.45, 7) is 0. The summed E-state index contributed by atoms with van der Waals surface area (Å²) in [5.74, 6) is -1.06. The minimum Gasteiger partial charge on any atom is -0.481 e. The van der Waals surface area contributed by atoms with Crippen molar-refractivity contribution in [1.82, 2.24) is 0 Å². The van der Waals surface area contributed by atoms with Crippen molar-refractivity contribution in [2.45, 2.75) is 12.6 Å². The number of aliphatic carboxylic acids is 1. The number of nitrogen functional groups attached to an aromatic ring is 1. The van der Waals surface area contributed by atoms with Crippen LogP contribution in [0.25, 0.3) is 11.1 Å². The van der Waals surface area contributed by atoms with E-state index in [0.717, 1.165) is 12.1 Å². The third-order valence-electron chi connectivity index (χ3n) is 3.03. The molecule has 0 saturated heterocycles. The second-order valence-electron chi connectivity index (χ2n) is 4.53. The van der Waals surface area contributed by atoms with Crippen molar-refractivity contribution in [3.05, 3.63) is 53.6 Å². The highest BCUT2D eigenvalue weighted by atomic mass is 19.4. The van der Waals surface area contributed by atoms with E-state index < -0.39 is 17.7 Å². The van der Waals surface area contributed by atoms with Crippen LogP contribution in [-0.4, -0.2) is 11.1 Å². The number of carbonyl (C=O) groups is 1. The van der Waals surface area contributed by atoms with Gasteiger partial charge in [0.25, 0.3) is 0 Å². The van der Waals surface area contributed by atoms with Gasteiger partial charge >= 0.3 is 12.1 Å². The number of nitrogens with two attached hydrogens (primary N) is 1. The van der Waals surface area contributed by atoms with Crippen LogP contribution in [-0.2, 0) is 17.4 Å². The first kappa shape index (κ1) is 14.9. The molecule has 0 unspecified atom stereocenters. The van der Waals surface area contributed by atoms with Gasteiger partial charge in [-0.05, 0) is 29.3 Å². The summed E-state index contributed by atoms with van der Waals surface area (Å²) in [5.41, 5.74) is 6.08. The van der Waals surface area contributed by atoms with Crippen LogP contribution in [0.2, 0.25) is 0 Å². The number of hydrogen-bond acceptors (Lipinski definition) is 2. The fourth-order valence-corrected chi connectivity index (χ4v) is 2.07. The Hall–Kier alpha value is -2.50. The molecule has 21 heavy (non-hydrogen) atoms. The number of benzene rings is 2. The predicted molar refractivity (Wildman–Crippen MR) is 72.6 cm³/mol. The van der Waals surface area contributed by atoms with Crippen LogP contribution >= 0.6 is 0 Å². The van der Waals surface area contributed by atoms with E-state index in [1.165, 1.54) is 6.07 Å². The van der Waals surface area contributed by atoms with E-state index in [-0.39, 0.29) is 17.7 Å². The van der Waals surface area contributed by atoms with Gasteiger partial charge in [-0.3, -0.25) is 4.79 Å². The highest BCUT2D eigenvalue weighted by Gasteiger charge is 2.31. The second kappa shape index (κ2) is 5.47. The van der Waals surface area contributed by atoms with Gasteiger partial charge in [-0.1, -0.05) is 24.3 Å². The van der Waals surface area contributed by atoms with E-state index in [1.54, 1.807) is 24.3 Å². The molecule has 0 atom stereocenters. The molecule has 3 nitrogen and oxygen atoms in total. The maximum atomic E-state index is 12.8. The van der Waals surface area contributed by atoms with Crippen LogP contribution in [0.5, 0.6) is 0 Å². The fraction of sp³-hybridized carbons (Fsp3) is 0.133. The molecule has 0 aromatic heterocycles. The number of halogens is 3. The van der Waals surface area contributed by atoms with E-state index in [4.69, 9.17) is 10.8 Å².